The Morgan fingerprint density at radius 3 is 2.45 bits per heavy atom. The van der Waals surface area contributed by atoms with Crippen LogP contribution in [0.4, 0.5) is 8.78 Å². The van der Waals surface area contributed by atoms with E-state index in [2.05, 4.69) is 15.9 Å². The molecule has 1 aromatic rings. The van der Waals surface area contributed by atoms with Crippen molar-refractivity contribution < 1.29 is 8.78 Å². The minimum absolute atomic E-state index is 0.418. The molecule has 0 atom stereocenters. The summed E-state index contributed by atoms with van der Waals surface area (Å²) in [5.41, 5.74) is 0.441. The van der Waals surface area contributed by atoms with Gasteiger partial charge >= 0.3 is 0 Å². The first-order chi connectivity index (χ1) is 5.04. The normalized spacial score (nSPS) is 10.3. The van der Waals surface area contributed by atoms with E-state index in [-0.39, 0.29) is 0 Å². The molecule has 0 aliphatic carbocycles. The van der Waals surface area contributed by atoms with E-state index < -0.39 is 11.6 Å². The molecule has 1 aromatic carbocycles. The smallest absolute Gasteiger partial charge is 0.140 e. The molecule has 0 saturated heterocycles. The standard InChI is InChI=1S/C7H4BrF2I/c1-3-4(9)2-5(10)7(11)6(3)8/h2H,1H3. The molecule has 0 aliphatic rings. The summed E-state index contributed by atoms with van der Waals surface area (Å²) in [5.74, 6) is -1.05. The van der Waals surface area contributed by atoms with E-state index in [4.69, 9.17) is 0 Å². The van der Waals surface area contributed by atoms with Crippen LogP contribution >= 0.6 is 38.5 Å². The topological polar surface area (TPSA) is 0 Å². The van der Waals surface area contributed by atoms with Crippen molar-refractivity contribution in [2.24, 2.45) is 0 Å². The third kappa shape index (κ3) is 1.72. The Kier molecular flexibility index (Phi) is 2.85. The highest BCUT2D eigenvalue weighted by atomic mass is 127. The van der Waals surface area contributed by atoms with E-state index >= 15 is 0 Å². The Bertz CT molecular complexity index is 273. The molecule has 0 amide bonds. The van der Waals surface area contributed by atoms with Crippen LogP contribution < -0.4 is 0 Å². The van der Waals surface area contributed by atoms with E-state index in [1.165, 1.54) is 0 Å². The van der Waals surface area contributed by atoms with Gasteiger partial charge in [0.05, 0.1) is 3.57 Å². The van der Waals surface area contributed by atoms with Crippen LogP contribution in [0.2, 0.25) is 0 Å². The molecule has 0 bridgehead atoms. The minimum Gasteiger partial charge on any atom is -0.207 e. The van der Waals surface area contributed by atoms with Crippen molar-refractivity contribution in [1.29, 1.82) is 0 Å². The summed E-state index contributed by atoms with van der Waals surface area (Å²) in [6.07, 6.45) is 0. The summed E-state index contributed by atoms with van der Waals surface area (Å²) in [6, 6.07) is 0.891. The zero-order valence-corrected chi connectivity index (χ0v) is 9.33. The summed E-state index contributed by atoms with van der Waals surface area (Å²) in [7, 11) is 0. The molecule has 0 heterocycles. The molecule has 1 rings (SSSR count). The lowest BCUT2D eigenvalue weighted by Crippen LogP contribution is -1.91. The quantitative estimate of drug-likeness (QED) is 0.386. The number of benzene rings is 1. The zero-order chi connectivity index (χ0) is 8.59. The van der Waals surface area contributed by atoms with Gasteiger partial charge in [-0.05, 0) is 45.4 Å². The van der Waals surface area contributed by atoms with Gasteiger partial charge in [-0.3, -0.25) is 0 Å². The lowest BCUT2D eigenvalue weighted by atomic mass is 10.2. The van der Waals surface area contributed by atoms with Gasteiger partial charge in [-0.1, -0.05) is 0 Å². The summed E-state index contributed by atoms with van der Waals surface area (Å²) in [6.45, 7) is 1.60. The fourth-order valence-corrected chi connectivity index (χ4v) is 1.60. The van der Waals surface area contributed by atoms with E-state index in [0.717, 1.165) is 6.07 Å². The van der Waals surface area contributed by atoms with Crippen molar-refractivity contribution in [3.05, 3.63) is 31.3 Å². The van der Waals surface area contributed by atoms with Crippen LogP contribution in [-0.2, 0) is 0 Å². The third-order valence-electron chi connectivity index (χ3n) is 1.34. The predicted molar refractivity (Wildman–Crippen MR) is 51.5 cm³/mol. The van der Waals surface area contributed by atoms with Crippen LogP contribution in [0.5, 0.6) is 0 Å². The van der Waals surface area contributed by atoms with Crippen molar-refractivity contribution >= 4 is 38.5 Å². The fraction of sp³-hybridized carbons (Fsp3) is 0.143. The second kappa shape index (κ2) is 3.35. The largest absolute Gasteiger partial charge is 0.207 e. The van der Waals surface area contributed by atoms with Crippen molar-refractivity contribution in [3.63, 3.8) is 0 Å². The lowest BCUT2D eigenvalue weighted by Gasteiger charge is -2.02. The van der Waals surface area contributed by atoms with Crippen molar-refractivity contribution in [2.45, 2.75) is 6.92 Å². The van der Waals surface area contributed by atoms with Crippen LogP contribution in [0.25, 0.3) is 0 Å². The summed E-state index contributed by atoms with van der Waals surface area (Å²) < 4.78 is 26.4. The second-order valence-corrected chi connectivity index (χ2v) is 3.96. The van der Waals surface area contributed by atoms with Gasteiger partial charge in [0.1, 0.15) is 11.6 Å². The molecule has 11 heavy (non-hydrogen) atoms. The van der Waals surface area contributed by atoms with Crippen molar-refractivity contribution in [1.82, 2.24) is 0 Å². The maximum atomic E-state index is 12.7. The Morgan fingerprint density at radius 1 is 1.36 bits per heavy atom. The molecule has 0 fully saturated rings. The SMILES string of the molecule is Cc1c(F)cc(F)c(I)c1Br. The number of hydrogen-bond acceptors (Lipinski definition) is 0. The minimum atomic E-state index is -0.527. The highest BCUT2D eigenvalue weighted by molar-refractivity contribution is 14.1. The highest BCUT2D eigenvalue weighted by Crippen LogP contribution is 2.27. The third-order valence-corrected chi connectivity index (χ3v) is 4.13. The average Bonchev–Trinajstić information content (AvgIpc) is 1.97. The van der Waals surface area contributed by atoms with Gasteiger partial charge in [-0.2, -0.15) is 0 Å². The maximum Gasteiger partial charge on any atom is 0.140 e. The first-order valence-corrected chi connectivity index (χ1v) is 4.71. The molecule has 0 aliphatic heterocycles. The van der Waals surface area contributed by atoms with Crippen molar-refractivity contribution in [2.75, 3.05) is 0 Å². The molecule has 0 saturated carbocycles. The first-order valence-electron chi connectivity index (χ1n) is 2.83. The average molecular weight is 333 g/mol. The van der Waals surface area contributed by atoms with E-state index in [1.807, 2.05) is 22.6 Å². The van der Waals surface area contributed by atoms with Crippen LogP contribution in [0.1, 0.15) is 5.56 Å². The van der Waals surface area contributed by atoms with Gasteiger partial charge < -0.3 is 0 Å². The molecular formula is C7H4BrF2I. The van der Waals surface area contributed by atoms with E-state index in [1.54, 1.807) is 6.92 Å². The van der Waals surface area contributed by atoms with Crippen molar-refractivity contribution in [3.8, 4) is 0 Å². The van der Waals surface area contributed by atoms with Gasteiger partial charge in [-0.15, -0.1) is 0 Å². The van der Waals surface area contributed by atoms with E-state index in [0.29, 0.717) is 13.6 Å². The fourth-order valence-electron chi connectivity index (χ4n) is 0.657. The predicted octanol–water partition coefficient (Wildman–Crippen LogP) is 3.64. The molecule has 0 nitrogen and oxygen atoms in total. The van der Waals surface area contributed by atoms with Crippen LogP contribution in [-0.4, -0.2) is 0 Å². The van der Waals surface area contributed by atoms with Gasteiger partial charge in [0.25, 0.3) is 0 Å². The number of hydrogen-bond donors (Lipinski definition) is 0. The summed E-state index contributed by atoms with van der Waals surface area (Å²) in [4.78, 5) is 0. The van der Waals surface area contributed by atoms with Crippen LogP contribution in [0, 0.1) is 22.1 Å². The van der Waals surface area contributed by atoms with Crippen LogP contribution in [0.15, 0.2) is 10.5 Å². The molecule has 0 radical (unpaired) electrons. The zero-order valence-electron chi connectivity index (χ0n) is 5.59. The molecule has 0 aromatic heterocycles. The summed E-state index contributed by atoms with van der Waals surface area (Å²) >= 11 is 4.92. The molecule has 0 N–H and O–H groups in total. The Balaban J connectivity index is 3.46. The Hall–Kier alpha value is 0.290. The van der Waals surface area contributed by atoms with Gasteiger partial charge in [0.2, 0.25) is 0 Å². The number of halogens is 4. The molecule has 4 heteroatoms. The number of rotatable bonds is 0. The van der Waals surface area contributed by atoms with Gasteiger partial charge in [-0.25, -0.2) is 8.78 Å². The summed E-state index contributed by atoms with van der Waals surface area (Å²) in [5, 5.41) is 0. The maximum absolute atomic E-state index is 12.7. The first kappa shape index (κ1) is 9.38. The molecule has 0 spiro atoms. The molecule has 60 valence electrons. The van der Waals surface area contributed by atoms with E-state index in [9.17, 15) is 8.78 Å². The van der Waals surface area contributed by atoms with Gasteiger partial charge in [0.15, 0.2) is 0 Å². The molecule has 0 unspecified atom stereocenters. The molecular weight excluding hydrogens is 329 g/mol. The Labute approximate surface area is 85.3 Å². The second-order valence-electron chi connectivity index (χ2n) is 2.09. The van der Waals surface area contributed by atoms with Crippen LogP contribution in [0.3, 0.4) is 0 Å². The highest BCUT2D eigenvalue weighted by Gasteiger charge is 2.10. The monoisotopic (exact) mass is 332 g/mol. The Morgan fingerprint density at radius 2 is 1.91 bits per heavy atom. The van der Waals surface area contributed by atoms with Gasteiger partial charge in [0, 0.05) is 16.1 Å². The lowest BCUT2D eigenvalue weighted by molar-refractivity contribution is 0.571.